The van der Waals surface area contributed by atoms with Gasteiger partial charge in [0, 0.05) is 9.52 Å². The van der Waals surface area contributed by atoms with Crippen LogP contribution in [0.3, 0.4) is 0 Å². The monoisotopic (exact) mass is 824 g/mol. The fourth-order valence-electron chi connectivity index (χ4n) is 7.43. The molecule has 0 nitrogen and oxygen atoms in total. The van der Waals surface area contributed by atoms with Crippen molar-refractivity contribution in [2.24, 2.45) is 0 Å². The third kappa shape index (κ3) is 11.9. The van der Waals surface area contributed by atoms with E-state index in [2.05, 4.69) is 167 Å². The van der Waals surface area contributed by atoms with Crippen LogP contribution in [0.1, 0.15) is 111 Å². The van der Waals surface area contributed by atoms with Crippen molar-refractivity contribution in [3.05, 3.63) is 129 Å². The molecule has 52 heavy (non-hydrogen) atoms. The van der Waals surface area contributed by atoms with Gasteiger partial charge in [0.2, 0.25) is 0 Å². The van der Waals surface area contributed by atoms with Crippen LogP contribution >= 0.6 is 17.0 Å². The van der Waals surface area contributed by atoms with E-state index in [4.69, 9.17) is 17.0 Å². The zero-order valence-electron chi connectivity index (χ0n) is 33.8. The summed E-state index contributed by atoms with van der Waals surface area (Å²) in [6.45, 7) is 26.8. The molecular formula is C48H60Cl2SiZr. The summed E-state index contributed by atoms with van der Waals surface area (Å²) in [7, 11) is 11.0. The number of halogens is 2. The van der Waals surface area contributed by atoms with Gasteiger partial charge < -0.3 is 0 Å². The normalized spacial score (nSPS) is 10.8. The second kappa shape index (κ2) is 21.6. The van der Waals surface area contributed by atoms with Gasteiger partial charge in [-0.05, 0) is 63.5 Å². The standard InChI is InChI=1S/2C23H27.C2H6Si.2ClH.Zr/c2*1-6-7-18-13-19-8-9-21(15(2)3)23(22(19)14-18)20-11-16(4)10-17(5)12-20;1-3-2;;;/h2*8-15H,6-7H2,1-5H3;1-2H3;2*1H;/q2*-1;;;;+4/p-2. The average molecular weight is 827 g/mol. The molecule has 0 fully saturated rings. The Morgan fingerprint density at radius 3 is 1.13 bits per heavy atom. The molecule has 0 aliphatic rings. The third-order valence-corrected chi connectivity index (χ3v) is 9.31. The quantitative estimate of drug-likeness (QED) is 0.106. The first-order valence-electron chi connectivity index (χ1n) is 19.0. The fourth-order valence-corrected chi connectivity index (χ4v) is 7.43. The van der Waals surface area contributed by atoms with E-state index in [1.807, 2.05) is 0 Å². The number of benzene rings is 4. The SMILES string of the molecule is CCCc1cc2c(-c3cc(C)cc(C)c3)c(C(C)C)ccc2[cH-]1.CCCc1cc2c(-c3cc(C)cc(C)c3)c(C(C)C)ccc2[cH-]1.C[Si]C.[Cl][Zr+2][Cl]. The summed E-state index contributed by atoms with van der Waals surface area (Å²) in [5, 5.41) is 5.60. The molecule has 274 valence electrons. The van der Waals surface area contributed by atoms with E-state index in [0.717, 1.165) is 22.4 Å². The Morgan fingerprint density at radius 1 is 0.558 bits per heavy atom. The second-order valence-corrected chi connectivity index (χ2v) is 19.7. The maximum atomic E-state index is 4.93. The molecule has 0 N–H and O–H groups in total. The van der Waals surface area contributed by atoms with Gasteiger partial charge in [-0.3, -0.25) is 0 Å². The molecule has 6 aromatic carbocycles. The summed E-state index contributed by atoms with van der Waals surface area (Å²) in [5.41, 5.74) is 16.8. The Kier molecular flexibility index (Phi) is 18.4. The Labute approximate surface area is 338 Å². The van der Waals surface area contributed by atoms with Crippen molar-refractivity contribution in [3.63, 3.8) is 0 Å². The van der Waals surface area contributed by atoms with E-state index in [-0.39, 0.29) is 0 Å². The number of hydrogen-bond acceptors (Lipinski definition) is 0. The fraction of sp³-hybridized carbons (Fsp3) is 0.375. The van der Waals surface area contributed by atoms with E-state index >= 15 is 0 Å². The van der Waals surface area contributed by atoms with Gasteiger partial charge in [-0.2, -0.15) is 12.1 Å². The molecule has 6 rings (SSSR count). The van der Waals surface area contributed by atoms with Gasteiger partial charge in [0.25, 0.3) is 0 Å². The molecule has 0 unspecified atom stereocenters. The zero-order valence-corrected chi connectivity index (χ0v) is 38.8. The molecule has 0 atom stereocenters. The van der Waals surface area contributed by atoms with Crippen LogP contribution in [0.2, 0.25) is 13.1 Å². The number of aryl methyl sites for hydroxylation is 6. The van der Waals surface area contributed by atoms with E-state index in [1.54, 1.807) is 0 Å². The first-order chi connectivity index (χ1) is 24.8. The van der Waals surface area contributed by atoms with Crippen LogP contribution in [0.25, 0.3) is 43.8 Å². The minimum absolute atomic E-state index is 0.528. The van der Waals surface area contributed by atoms with Gasteiger partial charge in [-0.1, -0.05) is 148 Å². The molecular weight excluding hydrogens is 767 g/mol. The summed E-state index contributed by atoms with van der Waals surface area (Å²) >= 11 is -0.826. The summed E-state index contributed by atoms with van der Waals surface area (Å²) in [5.74, 6) is 1.06. The van der Waals surface area contributed by atoms with Crippen LogP contribution in [-0.2, 0) is 33.7 Å². The van der Waals surface area contributed by atoms with E-state index in [1.165, 1.54) is 101 Å². The van der Waals surface area contributed by atoms with Gasteiger partial charge in [-0.25, -0.2) is 0 Å². The van der Waals surface area contributed by atoms with E-state index in [0.29, 0.717) is 11.8 Å². The first-order valence-corrected chi connectivity index (χ1v) is 27.3. The van der Waals surface area contributed by atoms with Crippen molar-refractivity contribution in [3.8, 4) is 22.3 Å². The van der Waals surface area contributed by atoms with Crippen LogP contribution in [0.5, 0.6) is 0 Å². The number of rotatable bonds is 8. The topological polar surface area (TPSA) is 0 Å². The molecule has 0 bridgehead atoms. The number of hydrogen-bond donors (Lipinski definition) is 0. The average Bonchev–Trinajstić information content (AvgIpc) is 3.67. The first kappa shape index (κ1) is 44.2. The molecule has 0 heterocycles. The van der Waals surface area contributed by atoms with Crippen molar-refractivity contribution in [1.29, 1.82) is 0 Å². The molecule has 4 heteroatoms. The summed E-state index contributed by atoms with van der Waals surface area (Å²) < 4.78 is 0. The van der Waals surface area contributed by atoms with Crippen molar-refractivity contribution in [2.45, 2.75) is 120 Å². The van der Waals surface area contributed by atoms with Crippen molar-refractivity contribution >= 4 is 48.1 Å². The van der Waals surface area contributed by atoms with Crippen molar-refractivity contribution in [1.82, 2.24) is 0 Å². The molecule has 0 spiro atoms. The van der Waals surface area contributed by atoms with Gasteiger partial charge in [0.1, 0.15) is 0 Å². The maximum absolute atomic E-state index is 4.93. The summed E-state index contributed by atoms with van der Waals surface area (Å²) in [6.07, 6.45) is 4.73. The van der Waals surface area contributed by atoms with Gasteiger partial charge in [0.05, 0.1) is 0 Å². The van der Waals surface area contributed by atoms with Gasteiger partial charge >= 0.3 is 37.9 Å². The van der Waals surface area contributed by atoms with Gasteiger partial charge in [-0.15, -0.1) is 69.1 Å². The minimum atomic E-state index is -0.826. The Balaban J connectivity index is 0.000000244. The predicted molar refractivity (Wildman–Crippen MR) is 234 cm³/mol. The predicted octanol–water partition coefficient (Wildman–Crippen LogP) is 16.0. The number of fused-ring (bicyclic) bond motifs is 2. The van der Waals surface area contributed by atoms with Gasteiger partial charge in [0.15, 0.2) is 0 Å². The van der Waals surface area contributed by atoms with Crippen LogP contribution in [-0.4, -0.2) is 9.52 Å². The van der Waals surface area contributed by atoms with E-state index in [9.17, 15) is 0 Å². The summed E-state index contributed by atoms with van der Waals surface area (Å²) in [6, 6.07) is 32.7. The molecule has 0 amide bonds. The molecule has 0 saturated heterocycles. The van der Waals surface area contributed by atoms with Crippen molar-refractivity contribution < 1.29 is 20.8 Å². The second-order valence-electron chi connectivity index (χ2n) is 14.9. The molecule has 0 aliphatic heterocycles. The Hall–Kier alpha value is -2.22. The third-order valence-electron chi connectivity index (χ3n) is 9.31. The Bertz CT molecular complexity index is 1820. The molecule has 6 aromatic rings. The summed E-state index contributed by atoms with van der Waals surface area (Å²) in [4.78, 5) is 0. The van der Waals surface area contributed by atoms with Crippen LogP contribution < -0.4 is 0 Å². The molecule has 2 radical (unpaired) electrons. The molecule has 0 aliphatic carbocycles. The molecule has 0 saturated carbocycles. The van der Waals surface area contributed by atoms with Crippen LogP contribution in [0, 0.1) is 27.7 Å². The molecule has 0 aromatic heterocycles. The van der Waals surface area contributed by atoms with Crippen molar-refractivity contribution in [2.75, 3.05) is 0 Å². The van der Waals surface area contributed by atoms with Crippen LogP contribution in [0.15, 0.2) is 84.9 Å². The zero-order chi connectivity index (χ0) is 38.5. The van der Waals surface area contributed by atoms with E-state index < -0.39 is 20.8 Å². The Morgan fingerprint density at radius 2 is 0.865 bits per heavy atom. The van der Waals surface area contributed by atoms with Crippen LogP contribution in [0.4, 0.5) is 0 Å².